The molecule has 18 heteroatoms. The van der Waals surface area contributed by atoms with Crippen molar-refractivity contribution in [2.45, 2.75) is 69.3 Å². The quantitative estimate of drug-likeness (QED) is 0.168. The van der Waals surface area contributed by atoms with Crippen molar-refractivity contribution in [1.29, 1.82) is 0 Å². The molecule has 5 nitrogen and oxygen atoms in total. The molecule has 0 bridgehead atoms. The summed E-state index contributed by atoms with van der Waals surface area (Å²) in [6, 6.07) is 0. The van der Waals surface area contributed by atoms with E-state index in [4.69, 9.17) is 0 Å². The van der Waals surface area contributed by atoms with Gasteiger partial charge in [0.2, 0.25) is 5.91 Å². The van der Waals surface area contributed by atoms with Crippen LogP contribution < -0.4 is 34.9 Å². The minimum absolute atomic E-state index is 0. The van der Waals surface area contributed by atoms with E-state index >= 15 is 0 Å². The molecule has 0 saturated heterocycles. The fourth-order valence-electron chi connectivity index (χ4n) is 2.73. The molecule has 0 rings (SSSR count). The number of thioether (sulfide) groups is 1. The van der Waals surface area contributed by atoms with Gasteiger partial charge in [-0.1, -0.05) is 0 Å². The summed E-state index contributed by atoms with van der Waals surface area (Å²) in [5, 5.41) is 2.26. The fourth-order valence-corrected chi connectivity index (χ4v) is 4.59. The standard InChI is InChI=1S/C16H23F10NO4S2.Na/c1-12(2,9-33(29,30)31)27-11(28)5-7-32-6-3-4-10(14(18,19)20)8-13(17,15(21,22)23)16(24,25)26;/h10H,3-9H2,1-2H3,(H,27,28)(H,29,30,31);/q;+1/p-1. The summed E-state index contributed by atoms with van der Waals surface area (Å²) in [5.41, 5.74) is -7.41. The van der Waals surface area contributed by atoms with Crippen molar-refractivity contribution >= 4 is 27.8 Å². The molecular weight excluding hydrogens is 547 g/mol. The molecule has 1 N–H and O–H groups in total. The first-order chi connectivity index (χ1) is 14.4. The molecule has 1 amide bonds. The van der Waals surface area contributed by atoms with Crippen LogP contribution in [0.4, 0.5) is 43.9 Å². The summed E-state index contributed by atoms with van der Waals surface area (Å²) in [6.07, 6.45) is -23.5. The van der Waals surface area contributed by atoms with Gasteiger partial charge < -0.3 is 9.87 Å². The average Bonchev–Trinajstić information content (AvgIpc) is 2.50. The first kappa shape index (κ1) is 36.2. The Bertz CT molecular complexity index is 740. The van der Waals surface area contributed by atoms with Gasteiger partial charge in [-0.2, -0.15) is 51.3 Å². The molecule has 0 aromatic rings. The Kier molecular flexibility index (Phi) is 13.9. The van der Waals surface area contributed by atoms with E-state index in [1.54, 1.807) is 0 Å². The molecule has 1 unspecified atom stereocenters. The summed E-state index contributed by atoms with van der Waals surface area (Å²) in [4.78, 5) is 11.7. The minimum atomic E-state index is -6.59. The third-order valence-corrected chi connectivity index (χ3v) is 6.36. The summed E-state index contributed by atoms with van der Waals surface area (Å²) in [6.45, 7) is 2.52. The average molecular weight is 569 g/mol. The fraction of sp³-hybridized carbons (Fsp3) is 0.938. The van der Waals surface area contributed by atoms with Crippen molar-refractivity contribution in [3.05, 3.63) is 0 Å². The van der Waals surface area contributed by atoms with Crippen molar-refractivity contribution in [2.75, 3.05) is 17.3 Å². The maximum Gasteiger partial charge on any atom is 1.00 e. The molecule has 0 radical (unpaired) electrons. The topological polar surface area (TPSA) is 86.3 Å². The number of nitrogens with one attached hydrogen (secondary N) is 1. The zero-order chi connectivity index (χ0) is 26.5. The van der Waals surface area contributed by atoms with E-state index < -0.39 is 76.7 Å². The van der Waals surface area contributed by atoms with Gasteiger partial charge in [-0.15, -0.1) is 0 Å². The van der Waals surface area contributed by atoms with E-state index in [0.717, 1.165) is 11.8 Å². The third-order valence-electron chi connectivity index (χ3n) is 4.22. The largest absolute Gasteiger partial charge is 1.00 e. The van der Waals surface area contributed by atoms with E-state index in [0.29, 0.717) is 0 Å². The maximum absolute atomic E-state index is 13.7. The van der Waals surface area contributed by atoms with Crippen molar-refractivity contribution in [2.24, 2.45) is 5.92 Å². The van der Waals surface area contributed by atoms with Gasteiger partial charge in [0.15, 0.2) is 0 Å². The van der Waals surface area contributed by atoms with Crippen LogP contribution in [0, 0.1) is 5.92 Å². The van der Waals surface area contributed by atoms with E-state index in [9.17, 15) is 61.7 Å². The van der Waals surface area contributed by atoms with Crippen LogP contribution in [-0.4, -0.2) is 65.9 Å². The molecule has 0 spiro atoms. The first-order valence-electron chi connectivity index (χ1n) is 9.13. The predicted octanol–water partition coefficient (Wildman–Crippen LogP) is 1.74. The molecule has 0 fully saturated rings. The van der Waals surface area contributed by atoms with Gasteiger partial charge in [-0.25, -0.2) is 12.8 Å². The zero-order valence-electron chi connectivity index (χ0n) is 18.3. The van der Waals surface area contributed by atoms with Crippen LogP contribution in [0.2, 0.25) is 0 Å². The second-order valence-electron chi connectivity index (χ2n) is 7.88. The predicted molar refractivity (Wildman–Crippen MR) is 98.1 cm³/mol. The number of halogens is 10. The first-order valence-corrected chi connectivity index (χ1v) is 11.9. The molecule has 0 saturated carbocycles. The summed E-state index contributed by atoms with van der Waals surface area (Å²) >= 11 is 0.856. The molecule has 34 heavy (non-hydrogen) atoms. The molecule has 198 valence electrons. The summed E-state index contributed by atoms with van der Waals surface area (Å²) < 4.78 is 160. The molecule has 0 aliphatic carbocycles. The van der Waals surface area contributed by atoms with Gasteiger partial charge in [-0.3, -0.25) is 4.79 Å². The Morgan fingerprint density at radius 1 is 0.941 bits per heavy atom. The molecule has 1 atom stereocenters. The summed E-state index contributed by atoms with van der Waals surface area (Å²) in [5.74, 6) is -5.01. The van der Waals surface area contributed by atoms with Gasteiger partial charge in [0, 0.05) is 24.1 Å². The summed E-state index contributed by atoms with van der Waals surface area (Å²) in [7, 11) is -4.64. The second-order valence-corrected chi connectivity index (χ2v) is 10.5. The second kappa shape index (κ2) is 13.0. The van der Waals surface area contributed by atoms with E-state index in [2.05, 4.69) is 5.32 Å². The number of carbonyl (C=O) groups excluding carboxylic acids is 1. The van der Waals surface area contributed by atoms with Crippen LogP contribution in [0.1, 0.15) is 39.5 Å². The van der Waals surface area contributed by atoms with E-state index in [-0.39, 0.29) is 47.5 Å². The molecule has 0 aliphatic heterocycles. The van der Waals surface area contributed by atoms with Gasteiger partial charge in [0.05, 0.1) is 21.8 Å². The normalized spacial score (nSPS) is 15.0. The van der Waals surface area contributed by atoms with Crippen molar-refractivity contribution < 1.29 is 91.2 Å². The number of hydrogen-bond donors (Lipinski definition) is 1. The van der Waals surface area contributed by atoms with Crippen molar-refractivity contribution in [3.8, 4) is 0 Å². The van der Waals surface area contributed by atoms with Gasteiger partial charge >= 0.3 is 48.1 Å². The number of carbonyl (C=O) groups is 1. The number of rotatable bonds is 12. The number of hydrogen-bond acceptors (Lipinski definition) is 5. The van der Waals surface area contributed by atoms with Gasteiger partial charge in [0.1, 0.15) is 0 Å². The Morgan fingerprint density at radius 3 is 1.79 bits per heavy atom. The van der Waals surface area contributed by atoms with Crippen LogP contribution in [0.5, 0.6) is 0 Å². The molecule has 0 heterocycles. The monoisotopic (exact) mass is 569 g/mol. The SMILES string of the molecule is CC(C)(CS(=O)(=O)[O-])NC(=O)CCSCCCC(CC(F)(C(F)(F)F)C(F)(F)F)C(F)(F)F.[Na+]. The number of alkyl halides is 10. The van der Waals surface area contributed by atoms with Gasteiger partial charge in [0.25, 0.3) is 5.67 Å². The third kappa shape index (κ3) is 12.8. The Hall–Kier alpha value is 0.0300. The van der Waals surface area contributed by atoms with Crippen molar-refractivity contribution in [1.82, 2.24) is 5.32 Å². The van der Waals surface area contributed by atoms with Crippen LogP contribution in [-0.2, 0) is 14.9 Å². The van der Waals surface area contributed by atoms with Crippen molar-refractivity contribution in [3.63, 3.8) is 0 Å². The minimum Gasteiger partial charge on any atom is -0.748 e. The molecule has 0 aromatic carbocycles. The molecular formula is C16H22F10NNaO4S2. The number of amides is 1. The smallest absolute Gasteiger partial charge is 0.748 e. The zero-order valence-corrected chi connectivity index (χ0v) is 21.9. The Labute approximate surface area is 216 Å². The molecule has 0 aliphatic rings. The maximum atomic E-state index is 13.7. The van der Waals surface area contributed by atoms with E-state index in [1.165, 1.54) is 13.8 Å². The van der Waals surface area contributed by atoms with Crippen LogP contribution in [0.15, 0.2) is 0 Å². The van der Waals surface area contributed by atoms with Crippen LogP contribution in [0.25, 0.3) is 0 Å². The van der Waals surface area contributed by atoms with E-state index in [1.807, 2.05) is 0 Å². The molecule has 0 aromatic heterocycles. The Morgan fingerprint density at radius 2 is 1.41 bits per heavy atom. The van der Waals surface area contributed by atoms with Crippen LogP contribution in [0.3, 0.4) is 0 Å². The Balaban J connectivity index is 0. The van der Waals surface area contributed by atoms with Gasteiger partial charge in [-0.05, 0) is 32.4 Å². The van der Waals surface area contributed by atoms with Crippen LogP contribution >= 0.6 is 11.8 Å².